The Labute approximate surface area is 132 Å². The van der Waals surface area contributed by atoms with Crippen molar-refractivity contribution in [2.75, 3.05) is 26.4 Å². The third kappa shape index (κ3) is 10.1. The molecule has 0 fully saturated rings. The number of ether oxygens (including phenoxy) is 4. The molecule has 0 radical (unpaired) electrons. The van der Waals surface area contributed by atoms with Crippen molar-refractivity contribution in [1.82, 2.24) is 0 Å². The number of hydrogen-bond acceptors (Lipinski definition) is 6. The summed E-state index contributed by atoms with van der Waals surface area (Å²) in [6.45, 7) is 14.9. The predicted octanol–water partition coefficient (Wildman–Crippen LogP) is 2.04. The molecule has 0 N–H and O–H groups in total. The fraction of sp³-hybridized carbons (Fsp3) is 0.625. The van der Waals surface area contributed by atoms with Gasteiger partial charge in [0.1, 0.15) is 12.2 Å². The summed E-state index contributed by atoms with van der Waals surface area (Å²) in [4.78, 5) is 22.5. The fourth-order valence-corrected chi connectivity index (χ4v) is 1.25. The Bertz CT molecular complexity index is 363. The van der Waals surface area contributed by atoms with E-state index in [0.717, 1.165) is 0 Å². The van der Waals surface area contributed by atoms with Crippen LogP contribution in [0, 0.1) is 0 Å². The molecule has 0 spiro atoms. The molecule has 0 saturated carbocycles. The summed E-state index contributed by atoms with van der Waals surface area (Å²) >= 11 is 0. The van der Waals surface area contributed by atoms with Gasteiger partial charge in [0.2, 0.25) is 0 Å². The zero-order chi connectivity index (χ0) is 17.1. The third-order valence-electron chi connectivity index (χ3n) is 2.39. The van der Waals surface area contributed by atoms with Gasteiger partial charge in [-0.3, -0.25) is 0 Å². The van der Waals surface area contributed by atoms with E-state index in [-0.39, 0.29) is 25.4 Å². The molecular weight excluding hydrogens is 288 g/mol. The minimum absolute atomic E-state index is 0.280. The molecule has 6 nitrogen and oxygen atoms in total. The Kier molecular flexibility index (Phi) is 10.2. The Morgan fingerprint density at radius 3 is 1.41 bits per heavy atom. The van der Waals surface area contributed by atoms with Crippen LogP contribution in [0.25, 0.3) is 0 Å². The highest BCUT2D eigenvalue weighted by atomic mass is 16.6. The first-order chi connectivity index (χ1) is 10.2. The molecule has 0 aromatic carbocycles. The van der Waals surface area contributed by atoms with Crippen molar-refractivity contribution in [1.29, 1.82) is 0 Å². The van der Waals surface area contributed by atoms with Gasteiger partial charge >= 0.3 is 11.9 Å². The topological polar surface area (TPSA) is 71.1 Å². The summed E-state index contributed by atoms with van der Waals surface area (Å²) < 4.78 is 20.8. The van der Waals surface area contributed by atoms with Crippen LogP contribution in [0.3, 0.4) is 0 Å². The van der Waals surface area contributed by atoms with Crippen molar-refractivity contribution in [3.63, 3.8) is 0 Å². The average molecular weight is 314 g/mol. The standard InChI is InChI=1S/C16H26O6/c1-11(2)15(17)21-13(5)9-19-7-8-20-10-14(6)22-16(18)12(3)4/h13-14H,1,3,7-10H2,2,4-6H3. The minimum Gasteiger partial charge on any atom is -0.457 e. The van der Waals surface area contributed by atoms with Crippen LogP contribution in [0.4, 0.5) is 0 Å². The van der Waals surface area contributed by atoms with Crippen molar-refractivity contribution in [2.24, 2.45) is 0 Å². The first kappa shape index (κ1) is 20.3. The van der Waals surface area contributed by atoms with E-state index in [4.69, 9.17) is 18.9 Å². The normalized spacial score (nSPS) is 13.1. The van der Waals surface area contributed by atoms with Crippen molar-refractivity contribution in [3.05, 3.63) is 24.3 Å². The maximum atomic E-state index is 11.2. The molecule has 0 aliphatic heterocycles. The summed E-state index contributed by atoms with van der Waals surface area (Å²) in [6.07, 6.45) is -0.695. The number of rotatable bonds is 11. The van der Waals surface area contributed by atoms with Gasteiger partial charge in [0.05, 0.1) is 26.4 Å². The van der Waals surface area contributed by atoms with Gasteiger partial charge in [-0.25, -0.2) is 9.59 Å². The van der Waals surface area contributed by atoms with Crippen LogP contribution in [0.1, 0.15) is 27.7 Å². The monoisotopic (exact) mass is 314 g/mol. The van der Waals surface area contributed by atoms with E-state index in [9.17, 15) is 9.59 Å². The van der Waals surface area contributed by atoms with Crippen LogP contribution in [0.2, 0.25) is 0 Å². The molecule has 0 bridgehead atoms. The third-order valence-corrected chi connectivity index (χ3v) is 2.39. The van der Waals surface area contributed by atoms with Crippen LogP contribution in [-0.4, -0.2) is 50.6 Å². The zero-order valence-corrected chi connectivity index (χ0v) is 13.8. The Morgan fingerprint density at radius 2 is 1.14 bits per heavy atom. The molecule has 0 aromatic rings. The summed E-state index contributed by atoms with van der Waals surface area (Å²) in [7, 11) is 0. The highest BCUT2D eigenvalue weighted by molar-refractivity contribution is 5.87. The Morgan fingerprint density at radius 1 is 0.818 bits per heavy atom. The van der Waals surface area contributed by atoms with E-state index >= 15 is 0 Å². The highest BCUT2D eigenvalue weighted by Crippen LogP contribution is 2.00. The molecule has 0 heterocycles. The molecule has 0 aromatic heterocycles. The fourth-order valence-electron chi connectivity index (χ4n) is 1.25. The van der Waals surface area contributed by atoms with E-state index in [1.54, 1.807) is 27.7 Å². The van der Waals surface area contributed by atoms with Crippen molar-refractivity contribution < 1.29 is 28.5 Å². The lowest BCUT2D eigenvalue weighted by atomic mass is 10.3. The van der Waals surface area contributed by atoms with Crippen LogP contribution in [0.5, 0.6) is 0 Å². The minimum atomic E-state index is -0.430. The summed E-state index contributed by atoms with van der Waals surface area (Å²) in [6, 6.07) is 0. The number of carbonyl (C=O) groups is 2. The molecule has 0 aliphatic rings. The SMILES string of the molecule is C=C(C)C(=O)OC(C)COCCOCC(C)OC(=O)C(=C)C. The van der Waals surface area contributed by atoms with Gasteiger partial charge in [0, 0.05) is 11.1 Å². The van der Waals surface area contributed by atoms with E-state index in [0.29, 0.717) is 24.4 Å². The second-order valence-corrected chi connectivity index (χ2v) is 5.14. The predicted molar refractivity (Wildman–Crippen MR) is 82.4 cm³/mol. The van der Waals surface area contributed by atoms with Crippen LogP contribution < -0.4 is 0 Å². The first-order valence-electron chi connectivity index (χ1n) is 7.12. The van der Waals surface area contributed by atoms with Gasteiger partial charge in [-0.2, -0.15) is 0 Å². The van der Waals surface area contributed by atoms with Gasteiger partial charge in [-0.05, 0) is 27.7 Å². The number of carbonyl (C=O) groups excluding carboxylic acids is 2. The molecule has 2 atom stereocenters. The van der Waals surface area contributed by atoms with Crippen LogP contribution in [0.15, 0.2) is 24.3 Å². The van der Waals surface area contributed by atoms with Crippen molar-refractivity contribution in [3.8, 4) is 0 Å². The lowest BCUT2D eigenvalue weighted by molar-refractivity contribution is -0.148. The molecular formula is C16H26O6. The van der Waals surface area contributed by atoms with Gasteiger partial charge < -0.3 is 18.9 Å². The van der Waals surface area contributed by atoms with Gasteiger partial charge in [-0.15, -0.1) is 0 Å². The van der Waals surface area contributed by atoms with E-state index in [2.05, 4.69) is 13.2 Å². The molecule has 2 unspecified atom stereocenters. The largest absolute Gasteiger partial charge is 0.457 e. The lowest BCUT2D eigenvalue weighted by Crippen LogP contribution is -2.23. The molecule has 126 valence electrons. The Balaban J connectivity index is 3.61. The van der Waals surface area contributed by atoms with Crippen molar-refractivity contribution >= 4 is 11.9 Å². The molecule has 0 aliphatic carbocycles. The smallest absolute Gasteiger partial charge is 0.333 e. The maximum absolute atomic E-state index is 11.2. The van der Waals surface area contributed by atoms with Crippen LogP contribution >= 0.6 is 0 Å². The molecule has 22 heavy (non-hydrogen) atoms. The van der Waals surface area contributed by atoms with Crippen LogP contribution in [-0.2, 0) is 28.5 Å². The molecule has 0 amide bonds. The zero-order valence-electron chi connectivity index (χ0n) is 13.8. The van der Waals surface area contributed by atoms with E-state index in [1.165, 1.54) is 0 Å². The molecule has 0 rings (SSSR count). The van der Waals surface area contributed by atoms with E-state index < -0.39 is 11.9 Å². The summed E-state index contributed by atoms with van der Waals surface area (Å²) in [5.74, 6) is -0.860. The second-order valence-electron chi connectivity index (χ2n) is 5.14. The first-order valence-corrected chi connectivity index (χ1v) is 7.12. The summed E-state index contributed by atoms with van der Waals surface area (Å²) in [5.41, 5.74) is 0.710. The summed E-state index contributed by atoms with van der Waals surface area (Å²) in [5, 5.41) is 0. The van der Waals surface area contributed by atoms with Gasteiger partial charge in [0.15, 0.2) is 0 Å². The average Bonchev–Trinajstić information content (AvgIpc) is 2.42. The van der Waals surface area contributed by atoms with Gasteiger partial charge in [-0.1, -0.05) is 13.2 Å². The highest BCUT2D eigenvalue weighted by Gasteiger charge is 2.11. The molecule has 0 saturated heterocycles. The quantitative estimate of drug-likeness (QED) is 0.330. The lowest BCUT2D eigenvalue weighted by Gasteiger charge is -2.15. The maximum Gasteiger partial charge on any atom is 0.333 e. The van der Waals surface area contributed by atoms with Gasteiger partial charge in [0.25, 0.3) is 0 Å². The molecule has 6 heteroatoms. The number of esters is 2. The Hall–Kier alpha value is -1.66. The van der Waals surface area contributed by atoms with E-state index in [1.807, 2.05) is 0 Å². The number of hydrogen-bond donors (Lipinski definition) is 0. The second kappa shape index (κ2) is 11.0. The van der Waals surface area contributed by atoms with Crippen molar-refractivity contribution in [2.45, 2.75) is 39.9 Å².